The third-order valence-corrected chi connectivity index (χ3v) is 6.26. The topological polar surface area (TPSA) is 58.2 Å². The molecule has 1 heterocycles. The summed E-state index contributed by atoms with van der Waals surface area (Å²) in [5.41, 5.74) is 0.245. The van der Waals surface area contributed by atoms with Gasteiger partial charge in [0.05, 0.1) is 5.25 Å². The van der Waals surface area contributed by atoms with E-state index < -0.39 is 10.0 Å². The number of sulfonamides is 1. The second-order valence-electron chi connectivity index (χ2n) is 5.85. The van der Waals surface area contributed by atoms with Gasteiger partial charge in [-0.1, -0.05) is 13.8 Å². The van der Waals surface area contributed by atoms with Gasteiger partial charge in [-0.05, 0) is 43.6 Å². The maximum Gasteiger partial charge on any atom is 0.215 e. The van der Waals surface area contributed by atoms with Gasteiger partial charge in [0, 0.05) is 13.1 Å². The third-order valence-electron chi connectivity index (χ3n) is 4.43. The lowest BCUT2D eigenvalue weighted by Gasteiger charge is -2.25. The van der Waals surface area contributed by atoms with Crippen LogP contribution in [-0.2, 0) is 10.0 Å². The van der Waals surface area contributed by atoms with Crippen LogP contribution in [0.25, 0.3) is 0 Å². The van der Waals surface area contributed by atoms with Crippen LogP contribution in [0.15, 0.2) is 0 Å². The summed E-state index contributed by atoms with van der Waals surface area (Å²) in [6.07, 6.45) is 4.07. The van der Waals surface area contributed by atoms with Crippen LogP contribution in [0.5, 0.6) is 0 Å². The van der Waals surface area contributed by atoms with Gasteiger partial charge < -0.3 is 5.32 Å². The minimum Gasteiger partial charge on any atom is -0.315 e. The van der Waals surface area contributed by atoms with Gasteiger partial charge in [-0.25, -0.2) is 13.1 Å². The summed E-state index contributed by atoms with van der Waals surface area (Å²) in [5.74, 6) is 0.565. The molecule has 17 heavy (non-hydrogen) atoms. The van der Waals surface area contributed by atoms with Crippen molar-refractivity contribution in [3.05, 3.63) is 0 Å². The van der Waals surface area contributed by atoms with Crippen molar-refractivity contribution in [1.29, 1.82) is 0 Å². The van der Waals surface area contributed by atoms with Crippen molar-refractivity contribution in [2.75, 3.05) is 19.6 Å². The predicted molar refractivity (Wildman–Crippen MR) is 69.3 cm³/mol. The average Bonchev–Trinajstić information content (AvgIpc) is 3.09. The molecule has 0 aromatic heterocycles. The van der Waals surface area contributed by atoms with Gasteiger partial charge in [0.25, 0.3) is 0 Å². The first-order valence-corrected chi connectivity index (χ1v) is 8.20. The fraction of sp³-hybridized carbons (Fsp3) is 1.00. The maximum absolute atomic E-state index is 12.1. The molecule has 0 aromatic rings. The summed E-state index contributed by atoms with van der Waals surface area (Å²) < 4.78 is 27.1. The normalized spacial score (nSPS) is 28.3. The van der Waals surface area contributed by atoms with Crippen LogP contribution in [0.2, 0.25) is 0 Å². The highest BCUT2D eigenvalue weighted by Crippen LogP contribution is 2.51. The van der Waals surface area contributed by atoms with E-state index in [1.807, 2.05) is 0 Å². The van der Waals surface area contributed by atoms with Gasteiger partial charge in [-0.15, -0.1) is 0 Å². The van der Waals surface area contributed by atoms with Crippen LogP contribution in [0.4, 0.5) is 0 Å². The molecule has 1 saturated carbocycles. The van der Waals surface area contributed by atoms with Gasteiger partial charge in [-0.3, -0.25) is 0 Å². The van der Waals surface area contributed by atoms with E-state index in [9.17, 15) is 8.42 Å². The van der Waals surface area contributed by atoms with E-state index >= 15 is 0 Å². The molecule has 0 spiro atoms. The molecule has 0 amide bonds. The van der Waals surface area contributed by atoms with Gasteiger partial charge in [0.15, 0.2) is 0 Å². The van der Waals surface area contributed by atoms with E-state index in [1.54, 1.807) is 0 Å². The fourth-order valence-electron chi connectivity index (χ4n) is 2.57. The highest BCUT2D eigenvalue weighted by atomic mass is 32.2. The van der Waals surface area contributed by atoms with E-state index in [-0.39, 0.29) is 10.7 Å². The molecule has 2 rings (SSSR count). The Bertz CT molecular complexity index is 355. The van der Waals surface area contributed by atoms with Crippen LogP contribution in [0.3, 0.4) is 0 Å². The number of rotatable bonds is 5. The Hall–Kier alpha value is -0.130. The minimum atomic E-state index is -3.12. The average molecular weight is 260 g/mol. The van der Waals surface area contributed by atoms with Crippen LogP contribution in [0, 0.1) is 11.3 Å². The van der Waals surface area contributed by atoms with E-state index in [4.69, 9.17) is 0 Å². The molecule has 1 unspecified atom stereocenters. The number of nitrogens with one attached hydrogen (secondary N) is 2. The highest BCUT2D eigenvalue weighted by molar-refractivity contribution is 7.90. The van der Waals surface area contributed by atoms with Crippen molar-refractivity contribution in [3.63, 3.8) is 0 Å². The minimum absolute atomic E-state index is 0.237. The Labute approximate surface area is 105 Å². The molecule has 2 N–H and O–H groups in total. The molecule has 2 fully saturated rings. The van der Waals surface area contributed by atoms with Crippen molar-refractivity contribution >= 4 is 10.0 Å². The van der Waals surface area contributed by atoms with Gasteiger partial charge in [-0.2, -0.15) is 0 Å². The molecule has 100 valence electrons. The van der Waals surface area contributed by atoms with Crippen molar-refractivity contribution in [2.45, 2.75) is 44.8 Å². The van der Waals surface area contributed by atoms with Crippen molar-refractivity contribution in [2.24, 2.45) is 11.3 Å². The van der Waals surface area contributed by atoms with Crippen LogP contribution >= 0.6 is 0 Å². The lowest BCUT2D eigenvalue weighted by molar-refractivity contribution is 0.356. The summed E-state index contributed by atoms with van der Waals surface area (Å²) in [5, 5.41) is 2.92. The van der Waals surface area contributed by atoms with E-state index in [2.05, 4.69) is 23.9 Å². The monoisotopic (exact) mass is 260 g/mol. The lowest BCUT2D eigenvalue weighted by atomic mass is 9.93. The van der Waals surface area contributed by atoms with E-state index in [1.165, 1.54) is 0 Å². The van der Waals surface area contributed by atoms with E-state index in [0.717, 1.165) is 32.2 Å². The van der Waals surface area contributed by atoms with Gasteiger partial charge >= 0.3 is 0 Å². The molecule has 1 aliphatic heterocycles. The quantitative estimate of drug-likeness (QED) is 0.778. The molecule has 4 nitrogen and oxygen atoms in total. The summed E-state index contributed by atoms with van der Waals surface area (Å²) in [4.78, 5) is 0. The Morgan fingerprint density at radius 3 is 2.59 bits per heavy atom. The zero-order valence-electron chi connectivity index (χ0n) is 10.8. The lowest BCUT2D eigenvalue weighted by Crippen LogP contribution is -2.46. The maximum atomic E-state index is 12.1. The Morgan fingerprint density at radius 1 is 1.41 bits per heavy atom. The molecule has 2 aliphatic rings. The van der Waals surface area contributed by atoms with Gasteiger partial charge in [0.2, 0.25) is 10.0 Å². The molecule has 1 atom stereocenters. The summed E-state index contributed by atoms with van der Waals surface area (Å²) in [6.45, 7) is 6.54. The molecule has 5 heteroatoms. The molecular formula is C12H24N2O2S. The first kappa shape index (κ1) is 13.3. The van der Waals surface area contributed by atoms with Crippen LogP contribution in [0.1, 0.15) is 39.5 Å². The van der Waals surface area contributed by atoms with Gasteiger partial charge in [0.1, 0.15) is 0 Å². The second-order valence-corrected chi connectivity index (χ2v) is 7.90. The fourth-order valence-corrected chi connectivity index (χ4v) is 4.10. The van der Waals surface area contributed by atoms with Crippen molar-refractivity contribution in [3.8, 4) is 0 Å². The Balaban J connectivity index is 1.89. The second kappa shape index (κ2) is 4.86. The molecular weight excluding hydrogens is 236 g/mol. The molecule has 1 saturated heterocycles. The third kappa shape index (κ3) is 3.01. The van der Waals surface area contributed by atoms with Crippen LogP contribution < -0.4 is 10.0 Å². The van der Waals surface area contributed by atoms with Crippen molar-refractivity contribution < 1.29 is 8.42 Å². The zero-order chi connectivity index (χ0) is 12.5. The molecule has 1 aliphatic carbocycles. The largest absolute Gasteiger partial charge is 0.315 e. The first-order chi connectivity index (χ1) is 7.96. The summed E-state index contributed by atoms with van der Waals surface area (Å²) >= 11 is 0. The standard InChI is InChI=1S/C12H24N2O2S/c1-10(2)12(5-6-12)9-14-17(15,16)11-4-3-7-13-8-11/h10-11,13-14H,3-9H2,1-2H3. The Morgan fingerprint density at radius 2 is 2.12 bits per heavy atom. The molecule has 0 aromatic carbocycles. The zero-order valence-corrected chi connectivity index (χ0v) is 11.6. The number of piperidine rings is 1. The summed E-state index contributed by atoms with van der Waals surface area (Å²) in [7, 11) is -3.12. The SMILES string of the molecule is CC(C)C1(CNS(=O)(=O)C2CCCNC2)CC1. The smallest absolute Gasteiger partial charge is 0.215 e. The van der Waals surface area contributed by atoms with Crippen LogP contribution in [-0.4, -0.2) is 33.3 Å². The summed E-state index contributed by atoms with van der Waals surface area (Å²) in [6, 6.07) is 0. The molecule has 0 bridgehead atoms. The van der Waals surface area contributed by atoms with Crippen molar-refractivity contribution in [1.82, 2.24) is 10.0 Å². The Kier molecular flexibility index (Phi) is 3.80. The predicted octanol–water partition coefficient (Wildman–Crippen LogP) is 1.09. The number of hydrogen-bond donors (Lipinski definition) is 2. The number of hydrogen-bond acceptors (Lipinski definition) is 3. The highest BCUT2D eigenvalue weighted by Gasteiger charge is 2.46. The first-order valence-electron chi connectivity index (χ1n) is 6.65. The van der Waals surface area contributed by atoms with E-state index in [0.29, 0.717) is 19.0 Å². The molecule has 0 radical (unpaired) electrons.